The molecule has 0 fully saturated rings. The minimum Gasteiger partial charge on any atom is -0.465 e. The fraction of sp³-hybridized carbons (Fsp3) is 0.854. The number of allylic oxidation sites excluding steroid dienone is 4. The Morgan fingerprint density at radius 2 is 0.983 bits per heavy atom. The molecule has 340 valence electrons. The average Bonchev–Trinajstić information content (AvgIpc) is 3.19. The van der Waals surface area contributed by atoms with Gasteiger partial charge in [0.1, 0.15) is 25.9 Å². The van der Waals surface area contributed by atoms with Gasteiger partial charge in [-0.2, -0.15) is 0 Å². The monoisotopic (exact) mass is 824 g/mol. The maximum atomic E-state index is 12.9. The molecule has 0 aromatic carbocycles. The van der Waals surface area contributed by atoms with Crippen LogP contribution in [0.25, 0.3) is 0 Å². The Bertz CT molecular complexity index is 984. The van der Waals surface area contributed by atoms with E-state index in [1.54, 1.807) is 6.92 Å². The predicted molar refractivity (Wildman–Crippen MR) is 237 cm³/mol. The molecule has 10 nitrogen and oxygen atoms in total. The van der Waals surface area contributed by atoms with E-state index in [1.165, 1.54) is 77.0 Å². The van der Waals surface area contributed by atoms with Gasteiger partial charge in [0.25, 0.3) is 0 Å². The van der Waals surface area contributed by atoms with Gasteiger partial charge < -0.3 is 33.3 Å². The zero-order valence-electron chi connectivity index (χ0n) is 38.3. The second-order valence-electron chi connectivity index (χ2n) is 16.2. The zero-order valence-corrected chi connectivity index (χ0v) is 38.3. The highest BCUT2D eigenvalue weighted by Crippen LogP contribution is 2.14. The number of likely N-dealkylation sites (N-methyl/N-ethyl adjacent to an activating group) is 1. The van der Waals surface area contributed by atoms with E-state index in [0.29, 0.717) is 32.6 Å². The van der Waals surface area contributed by atoms with Crippen LogP contribution in [0.4, 0.5) is 4.79 Å². The van der Waals surface area contributed by atoms with Crippen LogP contribution in [0.1, 0.15) is 195 Å². The first-order valence-corrected chi connectivity index (χ1v) is 23.5. The van der Waals surface area contributed by atoms with Crippen molar-refractivity contribution in [2.45, 2.75) is 207 Å². The Labute approximate surface area is 355 Å². The summed E-state index contributed by atoms with van der Waals surface area (Å²) in [4.78, 5) is 39.8. The lowest BCUT2D eigenvalue weighted by atomic mass is 10.1. The fourth-order valence-corrected chi connectivity index (χ4v) is 6.37. The van der Waals surface area contributed by atoms with Gasteiger partial charge in [-0.1, -0.05) is 141 Å². The summed E-state index contributed by atoms with van der Waals surface area (Å²) < 4.78 is 34.1. The molecule has 0 heterocycles. The van der Waals surface area contributed by atoms with E-state index < -0.39 is 24.3 Å². The summed E-state index contributed by atoms with van der Waals surface area (Å²) in [5.41, 5.74) is 0. The van der Waals surface area contributed by atoms with E-state index in [0.717, 1.165) is 70.6 Å². The van der Waals surface area contributed by atoms with Crippen LogP contribution in [-0.2, 0) is 38.0 Å². The summed E-state index contributed by atoms with van der Waals surface area (Å²) in [5, 5.41) is 0. The SMILES string of the molecule is CCCCC/C=C\C/C=C\CCCCCCCC(=O)OCC(COC(=O)CCC(OCCCCCCCC)OCCCCCCCC)COC(=O)OC(C)CN(C)C. The molecule has 0 saturated carbocycles. The first-order valence-electron chi connectivity index (χ1n) is 23.5. The highest BCUT2D eigenvalue weighted by atomic mass is 16.7. The van der Waals surface area contributed by atoms with E-state index in [9.17, 15) is 14.4 Å². The summed E-state index contributed by atoms with van der Waals surface area (Å²) in [5.74, 6) is -1.24. The summed E-state index contributed by atoms with van der Waals surface area (Å²) in [6, 6.07) is 0. The third-order valence-electron chi connectivity index (χ3n) is 9.84. The lowest BCUT2D eigenvalue weighted by molar-refractivity contribution is -0.161. The van der Waals surface area contributed by atoms with Crippen molar-refractivity contribution in [1.29, 1.82) is 0 Å². The van der Waals surface area contributed by atoms with Crippen LogP contribution in [-0.4, -0.2) is 89.1 Å². The molecule has 0 aromatic rings. The number of ether oxygens (including phenoxy) is 6. The van der Waals surface area contributed by atoms with Crippen molar-refractivity contribution >= 4 is 18.1 Å². The molecule has 0 amide bonds. The first-order chi connectivity index (χ1) is 28.2. The van der Waals surface area contributed by atoms with Crippen molar-refractivity contribution in [3.63, 3.8) is 0 Å². The minimum atomic E-state index is -0.810. The number of rotatable bonds is 42. The summed E-state index contributed by atoms with van der Waals surface area (Å²) in [6.45, 7) is 10.0. The standard InChI is InChI=1S/C48H89NO9/c1-7-10-13-16-19-20-21-22-23-24-25-26-27-28-31-34-45(50)55-40-44(42-57-48(52)58-43(4)39-49(5)6)41-56-46(51)35-36-47(53-37-32-29-17-14-11-8-2)54-38-33-30-18-15-12-9-3/h19-20,22-23,43-44,47H,7-18,21,24-42H2,1-6H3/b20-19-,23-22-. The van der Waals surface area contributed by atoms with Crippen LogP contribution in [0, 0.1) is 5.92 Å². The number of carbonyl (C=O) groups is 3. The van der Waals surface area contributed by atoms with E-state index in [1.807, 2.05) is 19.0 Å². The molecule has 0 aromatic heterocycles. The quantitative estimate of drug-likeness (QED) is 0.0194. The molecule has 0 N–H and O–H groups in total. The normalized spacial score (nSPS) is 12.8. The van der Waals surface area contributed by atoms with E-state index >= 15 is 0 Å². The summed E-state index contributed by atoms with van der Waals surface area (Å²) >= 11 is 0. The largest absolute Gasteiger partial charge is 0.508 e. The van der Waals surface area contributed by atoms with E-state index in [2.05, 4.69) is 45.1 Å². The van der Waals surface area contributed by atoms with Gasteiger partial charge in [0, 0.05) is 32.6 Å². The topological polar surface area (TPSA) is 110 Å². The van der Waals surface area contributed by atoms with Gasteiger partial charge in [0.15, 0.2) is 6.29 Å². The number of esters is 2. The van der Waals surface area contributed by atoms with E-state index in [4.69, 9.17) is 28.4 Å². The molecular formula is C48H89NO9. The molecule has 2 unspecified atom stereocenters. The first kappa shape index (κ1) is 55.6. The number of hydrogen-bond donors (Lipinski definition) is 0. The lowest BCUT2D eigenvalue weighted by Crippen LogP contribution is -2.30. The van der Waals surface area contributed by atoms with Gasteiger partial charge in [-0.25, -0.2) is 4.79 Å². The van der Waals surface area contributed by atoms with Crippen LogP contribution >= 0.6 is 0 Å². The molecule has 0 aliphatic heterocycles. The summed E-state index contributed by atoms with van der Waals surface area (Å²) in [6.07, 6.45) is 34.5. The summed E-state index contributed by atoms with van der Waals surface area (Å²) in [7, 11) is 3.79. The second-order valence-corrected chi connectivity index (χ2v) is 16.2. The number of nitrogens with zero attached hydrogens (tertiary/aromatic N) is 1. The van der Waals surface area contributed by atoms with Gasteiger partial charge in [0.2, 0.25) is 0 Å². The Balaban J connectivity index is 4.81. The average molecular weight is 824 g/mol. The fourth-order valence-electron chi connectivity index (χ4n) is 6.37. The molecule has 0 spiro atoms. The maximum absolute atomic E-state index is 12.9. The molecule has 0 aliphatic rings. The van der Waals surface area contributed by atoms with Crippen LogP contribution in [0.5, 0.6) is 0 Å². The zero-order chi connectivity index (χ0) is 42.7. The van der Waals surface area contributed by atoms with Crippen molar-refractivity contribution in [2.75, 3.05) is 53.7 Å². The number of carbonyl (C=O) groups excluding carboxylic acids is 3. The Kier molecular flexibility index (Phi) is 40.9. The van der Waals surface area contributed by atoms with Crippen LogP contribution < -0.4 is 0 Å². The molecular weight excluding hydrogens is 735 g/mol. The molecule has 0 rings (SSSR count). The number of unbranched alkanes of at least 4 members (excludes halogenated alkanes) is 18. The van der Waals surface area contributed by atoms with Crippen molar-refractivity contribution in [1.82, 2.24) is 4.90 Å². The molecule has 10 heteroatoms. The van der Waals surface area contributed by atoms with Crippen molar-refractivity contribution in [3.05, 3.63) is 24.3 Å². The van der Waals surface area contributed by atoms with Crippen molar-refractivity contribution in [3.8, 4) is 0 Å². The lowest BCUT2D eigenvalue weighted by Gasteiger charge is -2.20. The highest BCUT2D eigenvalue weighted by molar-refractivity contribution is 5.69. The van der Waals surface area contributed by atoms with Crippen LogP contribution in [0.3, 0.4) is 0 Å². The van der Waals surface area contributed by atoms with Crippen molar-refractivity contribution in [2.24, 2.45) is 5.92 Å². The molecule has 0 aliphatic carbocycles. The van der Waals surface area contributed by atoms with Crippen LogP contribution in [0.2, 0.25) is 0 Å². The Morgan fingerprint density at radius 3 is 1.53 bits per heavy atom. The van der Waals surface area contributed by atoms with Gasteiger partial charge in [-0.3, -0.25) is 9.59 Å². The van der Waals surface area contributed by atoms with Gasteiger partial charge in [-0.05, 0) is 72.4 Å². The molecule has 0 bridgehead atoms. The third-order valence-corrected chi connectivity index (χ3v) is 9.84. The van der Waals surface area contributed by atoms with Gasteiger partial charge in [-0.15, -0.1) is 0 Å². The Hall–Kier alpha value is -2.43. The highest BCUT2D eigenvalue weighted by Gasteiger charge is 2.20. The van der Waals surface area contributed by atoms with Crippen molar-refractivity contribution < 1.29 is 42.8 Å². The Morgan fingerprint density at radius 1 is 0.534 bits per heavy atom. The van der Waals surface area contributed by atoms with Crippen LogP contribution in [0.15, 0.2) is 24.3 Å². The predicted octanol–water partition coefficient (Wildman–Crippen LogP) is 12.5. The number of hydrogen-bond acceptors (Lipinski definition) is 10. The maximum Gasteiger partial charge on any atom is 0.508 e. The molecule has 58 heavy (non-hydrogen) atoms. The molecule has 2 atom stereocenters. The van der Waals surface area contributed by atoms with Gasteiger partial charge in [0.05, 0.1) is 12.3 Å². The third kappa shape index (κ3) is 40.4. The molecule has 0 saturated heterocycles. The minimum absolute atomic E-state index is 0.0295. The second kappa shape index (κ2) is 42.7. The smallest absolute Gasteiger partial charge is 0.465 e. The molecule has 0 radical (unpaired) electrons. The van der Waals surface area contributed by atoms with Gasteiger partial charge >= 0.3 is 18.1 Å². The van der Waals surface area contributed by atoms with E-state index in [-0.39, 0.29) is 38.3 Å².